The summed E-state index contributed by atoms with van der Waals surface area (Å²) in [5.74, 6) is 0.736. The van der Waals surface area contributed by atoms with Crippen LogP contribution in [0.5, 0.6) is 0 Å². The van der Waals surface area contributed by atoms with Crippen LogP contribution in [0.2, 0.25) is 0 Å². The highest BCUT2D eigenvalue weighted by molar-refractivity contribution is 5.82. The quantitative estimate of drug-likeness (QED) is 0.410. The molecule has 0 radical (unpaired) electrons. The molecule has 2 saturated heterocycles. The van der Waals surface area contributed by atoms with Crippen molar-refractivity contribution in [3.63, 3.8) is 0 Å². The number of nitrogens with one attached hydrogen (secondary N) is 3. The molecule has 0 aliphatic carbocycles. The summed E-state index contributed by atoms with van der Waals surface area (Å²) in [5, 5.41) is 9.26. The van der Waals surface area contributed by atoms with E-state index in [-0.39, 0.29) is 17.9 Å². The summed E-state index contributed by atoms with van der Waals surface area (Å²) in [7, 11) is 3.52. The minimum atomic E-state index is -0.0347. The Morgan fingerprint density at radius 1 is 1.03 bits per heavy atom. The molecule has 3 aromatic rings. The summed E-state index contributed by atoms with van der Waals surface area (Å²) in [6.07, 6.45) is 3.77. The van der Waals surface area contributed by atoms with Gasteiger partial charge in [0, 0.05) is 69.1 Å². The summed E-state index contributed by atoms with van der Waals surface area (Å²) in [6.45, 7) is 4.41. The van der Waals surface area contributed by atoms with E-state index in [1.54, 1.807) is 13.2 Å². The van der Waals surface area contributed by atoms with Crippen LogP contribution in [0.3, 0.4) is 0 Å². The molecular weight excluding hydrogens is 492 g/mol. The average molecular weight is 529 g/mol. The largest absolute Gasteiger partial charge is 0.368 e. The van der Waals surface area contributed by atoms with Crippen LogP contribution in [-0.4, -0.2) is 86.1 Å². The SMILES string of the molecule is CNC(=O)CN(C)c1ccc(-c2ccnc(Nc3ccc(N4CCN(C(=O)[C@@H]5CCCN5)CC4)cc3)n2)cc1. The summed E-state index contributed by atoms with van der Waals surface area (Å²) in [4.78, 5) is 39.6. The van der Waals surface area contributed by atoms with Crippen LogP contribution in [0, 0.1) is 0 Å². The zero-order chi connectivity index (χ0) is 27.2. The second kappa shape index (κ2) is 12.1. The van der Waals surface area contributed by atoms with Gasteiger partial charge in [-0.05, 0) is 61.9 Å². The molecule has 10 nitrogen and oxygen atoms in total. The van der Waals surface area contributed by atoms with Crippen molar-refractivity contribution in [1.82, 2.24) is 25.5 Å². The fraction of sp³-hybridized carbons (Fsp3) is 0.379. The number of likely N-dealkylation sites (N-methyl/N-ethyl adjacent to an activating group) is 2. The van der Waals surface area contributed by atoms with E-state index in [2.05, 4.69) is 38.0 Å². The molecule has 1 atom stereocenters. The number of hydrogen-bond donors (Lipinski definition) is 3. The van der Waals surface area contributed by atoms with E-state index in [1.165, 1.54) is 0 Å². The minimum Gasteiger partial charge on any atom is -0.368 e. The molecule has 2 aliphatic rings. The van der Waals surface area contributed by atoms with Gasteiger partial charge in [0.2, 0.25) is 17.8 Å². The molecule has 0 unspecified atom stereocenters. The first-order valence-corrected chi connectivity index (χ1v) is 13.5. The minimum absolute atomic E-state index is 0.00367. The number of benzene rings is 2. The first-order valence-electron chi connectivity index (χ1n) is 13.5. The Bertz CT molecular complexity index is 1270. The topological polar surface area (TPSA) is 106 Å². The van der Waals surface area contributed by atoms with E-state index in [0.717, 1.165) is 73.9 Å². The lowest BCUT2D eigenvalue weighted by Gasteiger charge is -2.37. The average Bonchev–Trinajstić information content (AvgIpc) is 3.53. The lowest BCUT2D eigenvalue weighted by atomic mass is 10.1. The van der Waals surface area contributed by atoms with Crippen LogP contribution in [-0.2, 0) is 9.59 Å². The third-order valence-electron chi connectivity index (χ3n) is 7.36. The van der Waals surface area contributed by atoms with Crippen molar-refractivity contribution in [2.75, 3.05) is 68.5 Å². The maximum absolute atomic E-state index is 12.7. The lowest BCUT2D eigenvalue weighted by Crippen LogP contribution is -2.53. The number of aromatic nitrogens is 2. The Morgan fingerprint density at radius 3 is 2.44 bits per heavy atom. The number of anilines is 4. The van der Waals surface area contributed by atoms with Crippen molar-refractivity contribution in [1.29, 1.82) is 0 Å². The number of hydrogen-bond acceptors (Lipinski definition) is 8. The van der Waals surface area contributed by atoms with Crippen LogP contribution >= 0.6 is 0 Å². The van der Waals surface area contributed by atoms with Gasteiger partial charge >= 0.3 is 0 Å². The summed E-state index contributed by atoms with van der Waals surface area (Å²) < 4.78 is 0. The molecule has 2 fully saturated rings. The molecule has 10 heteroatoms. The van der Waals surface area contributed by atoms with Crippen molar-refractivity contribution in [2.24, 2.45) is 0 Å². The Hall–Kier alpha value is -4.18. The highest BCUT2D eigenvalue weighted by atomic mass is 16.2. The van der Waals surface area contributed by atoms with Crippen molar-refractivity contribution in [3.8, 4) is 11.3 Å². The van der Waals surface area contributed by atoms with E-state index < -0.39 is 0 Å². The van der Waals surface area contributed by atoms with Crippen molar-refractivity contribution in [2.45, 2.75) is 18.9 Å². The third kappa shape index (κ3) is 6.46. The molecule has 3 N–H and O–H groups in total. The maximum Gasteiger partial charge on any atom is 0.239 e. The smallest absolute Gasteiger partial charge is 0.239 e. The first kappa shape index (κ1) is 26.4. The zero-order valence-electron chi connectivity index (χ0n) is 22.6. The van der Waals surface area contributed by atoms with Gasteiger partial charge in [-0.15, -0.1) is 0 Å². The van der Waals surface area contributed by atoms with E-state index in [1.807, 2.05) is 59.3 Å². The number of amides is 2. The Balaban J connectivity index is 1.17. The van der Waals surface area contributed by atoms with Gasteiger partial charge in [0.05, 0.1) is 18.3 Å². The highest BCUT2D eigenvalue weighted by Gasteiger charge is 2.29. The van der Waals surface area contributed by atoms with Crippen molar-refractivity contribution >= 4 is 34.8 Å². The van der Waals surface area contributed by atoms with Gasteiger partial charge in [-0.2, -0.15) is 0 Å². The Labute approximate surface area is 229 Å². The molecule has 0 saturated carbocycles. The molecule has 1 aromatic heterocycles. The van der Waals surface area contributed by atoms with Crippen LogP contribution < -0.4 is 25.8 Å². The number of carbonyl (C=O) groups is 2. The van der Waals surface area contributed by atoms with Crippen LogP contribution in [0.15, 0.2) is 60.8 Å². The molecule has 3 heterocycles. The molecule has 5 rings (SSSR count). The van der Waals surface area contributed by atoms with E-state index >= 15 is 0 Å². The van der Waals surface area contributed by atoms with Crippen LogP contribution in [0.1, 0.15) is 12.8 Å². The molecule has 204 valence electrons. The van der Waals surface area contributed by atoms with E-state index in [0.29, 0.717) is 12.5 Å². The predicted octanol–water partition coefficient (Wildman–Crippen LogP) is 2.47. The molecule has 2 aromatic carbocycles. The molecule has 0 spiro atoms. The van der Waals surface area contributed by atoms with Gasteiger partial charge in [0.25, 0.3) is 0 Å². The number of rotatable bonds is 8. The number of piperazine rings is 1. The van der Waals surface area contributed by atoms with E-state index in [9.17, 15) is 9.59 Å². The molecule has 0 bridgehead atoms. The normalized spacial score (nSPS) is 17.1. The maximum atomic E-state index is 12.7. The first-order chi connectivity index (χ1) is 19.0. The predicted molar refractivity (Wildman–Crippen MR) is 154 cm³/mol. The van der Waals surface area contributed by atoms with Crippen molar-refractivity contribution in [3.05, 3.63) is 60.8 Å². The fourth-order valence-corrected chi connectivity index (χ4v) is 5.04. The molecular formula is C29H36N8O2. The third-order valence-corrected chi connectivity index (χ3v) is 7.36. The Morgan fingerprint density at radius 2 is 1.77 bits per heavy atom. The second-order valence-electron chi connectivity index (χ2n) is 9.97. The van der Waals surface area contributed by atoms with Gasteiger partial charge in [0.1, 0.15) is 0 Å². The fourth-order valence-electron chi connectivity index (χ4n) is 5.04. The van der Waals surface area contributed by atoms with Gasteiger partial charge in [-0.25, -0.2) is 9.97 Å². The molecule has 39 heavy (non-hydrogen) atoms. The van der Waals surface area contributed by atoms with Gasteiger partial charge in [-0.3, -0.25) is 9.59 Å². The summed E-state index contributed by atoms with van der Waals surface area (Å²) in [6, 6.07) is 18.1. The van der Waals surface area contributed by atoms with Crippen LogP contribution in [0.25, 0.3) is 11.3 Å². The summed E-state index contributed by atoms with van der Waals surface area (Å²) in [5.41, 5.74) is 4.78. The number of carbonyl (C=O) groups excluding carboxylic acids is 2. The van der Waals surface area contributed by atoms with Crippen molar-refractivity contribution < 1.29 is 9.59 Å². The Kier molecular flexibility index (Phi) is 8.21. The van der Waals surface area contributed by atoms with Gasteiger partial charge < -0.3 is 30.7 Å². The molecule has 2 aliphatic heterocycles. The summed E-state index contributed by atoms with van der Waals surface area (Å²) >= 11 is 0. The van der Waals surface area contributed by atoms with Gasteiger partial charge in [0.15, 0.2) is 0 Å². The standard InChI is InChI=1S/C29H36N8O2/c1-30-27(38)20-35(2)23-9-5-21(6-10-23)25-13-15-32-29(34-25)33-22-7-11-24(12-8-22)36-16-18-37(19-17-36)28(39)26-4-3-14-31-26/h5-13,15,26,31H,3-4,14,16-20H2,1-2H3,(H,30,38)(H,32,33,34)/t26-/m0/s1. The number of nitrogens with zero attached hydrogens (tertiary/aromatic N) is 5. The van der Waals surface area contributed by atoms with E-state index in [4.69, 9.17) is 4.98 Å². The zero-order valence-corrected chi connectivity index (χ0v) is 22.6. The van der Waals surface area contributed by atoms with Gasteiger partial charge in [-0.1, -0.05) is 12.1 Å². The monoisotopic (exact) mass is 528 g/mol. The highest BCUT2D eigenvalue weighted by Crippen LogP contribution is 2.24. The van der Waals surface area contributed by atoms with Crippen LogP contribution in [0.4, 0.5) is 23.0 Å². The molecule has 2 amide bonds. The lowest BCUT2D eigenvalue weighted by molar-refractivity contribution is -0.133. The second-order valence-corrected chi connectivity index (χ2v) is 9.97.